The number of aliphatic hydroxyl groups is 2. The first kappa shape index (κ1) is 15.8. The Morgan fingerprint density at radius 3 is 2.81 bits per heavy atom. The molecule has 1 aliphatic rings. The second kappa shape index (κ2) is 5.68. The van der Waals surface area contributed by atoms with Crippen LogP contribution in [-0.4, -0.2) is 44.5 Å². The maximum Gasteiger partial charge on any atom is 0.351 e. The number of aromatic nitrogens is 2. The fraction of sp³-hybridized carbons (Fsp3) is 0.455. The van der Waals surface area contributed by atoms with Crippen LogP contribution >= 0.6 is 11.6 Å². The number of nitrogens with zero attached hydrogens (tertiary/aromatic N) is 2. The molecule has 1 aliphatic heterocycles. The molecule has 1 aromatic rings. The fourth-order valence-electron chi connectivity index (χ4n) is 1.98. The molecule has 116 valence electrons. The summed E-state index contributed by atoms with van der Waals surface area (Å²) in [5.74, 6) is -3.97. The quantitative estimate of drug-likeness (QED) is 0.717. The number of nitrogens with two attached hydrogens (primary N) is 1. The predicted molar refractivity (Wildman–Crippen MR) is 69.7 cm³/mol. The molecule has 2 rings (SSSR count). The molecule has 10 heteroatoms. The van der Waals surface area contributed by atoms with Crippen molar-refractivity contribution in [1.82, 2.24) is 9.55 Å². The second-order valence-electron chi connectivity index (χ2n) is 4.39. The summed E-state index contributed by atoms with van der Waals surface area (Å²) in [7, 11) is 0. The van der Waals surface area contributed by atoms with Crippen molar-refractivity contribution in [3.63, 3.8) is 0 Å². The van der Waals surface area contributed by atoms with Crippen LogP contribution in [0.15, 0.2) is 16.5 Å². The molecule has 1 fully saturated rings. The zero-order valence-electron chi connectivity index (χ0n) is 10.5. The monoisotopic (exact) mass is 323 g/mol. The number of hydrogen-bond acceptors (Lipinski definition) is 6. The molecule has 1 aromatic heterocycles. The summed E-state index contributed by atoms with van der Waals surface area (Å²) in [6, 6.07) is 0. The summed E-state index contributed by atoms with van der Waals surface area (Å²) in [4.78, 5) is 15.1. The highest BCUT2D eigenvalue weighted by Crippen LogP contribution is 2.42. The molecule has 3 atom stereocenters. The van der Waals surface area contributed by atoms with E-state index in [1.54, 1.807) is 0 Å². The van der Waals surface area contributed by atoms with Crippen LogP contribution in [0.4, 0.5) is 14.6 Å². The van der Waals surface area contributed by atoms with Gasteiger partial charge in [0, 0.05) is 17.3 Å². The van der Waals surface area contributed by atoms with E-state index in [2.05, 4.69) is 4.98 Å². The Kier molecular flexibility index (Phi) is 4.28. The smallest absolute Gasteiger partial charge is 0.351 e. The van der Waals surface area contributed by atoms with E-state index in [9.17, 15) is 18.7 Å². The van der Waals surface area contributed by atoms with Crippen molar-refractivity contribution in [2.75, 3.05) is 12.3 Å². The fourth-order valence-corrected chi connectivity index (χ4v) is 2.12. The number of halogens is 3. The van der Waals surface area contributed by atoms with Crippen LogP contribution < -0.4 is 11.4 Å². The number of anilines is 1. The molecule has 0 saturated carbocycles. The van der Waals surface area contributed by atoms with Crippen LogP contribution in [0.5, 0.6) is 0 Å². The Morgan fingerprint density at radius 1 is 1.62 bits per heavy atom. The van der Waals surface area contributed by atoms with E-state index in [1.807, 2.05) is 0 Å². The zero-order valence-corrected chi connectivity index (χ0v) is 11.2. The molecule has 0 radical (unpaired) electrons. The Balaban J connectivity index is 2.51. The molecule has 0 aliphatic carbocycles. The molecule has 21 heavy (non-hydrogen) atoms. The lowest BCUT2D eigenvalue weighted by molar-refractivity contribution is -0.141. The van der Waals surface area contributed by atoms with Crippen LogP contribution in [0.1, 0.15) is 11.8 Å². The summed E-state index contributed by atoms with van der Waals surface area (Å²) in [5.41, 5.74) is 5.60. The molecular formula is C11H12ClF2N3O4. The molecular weight excluding hydrogens is 312 g/mol. The molecule has 0 aromatic carbocycles. The summed E-state index contributed by atoms with van der Waals surface area (Å²) < 4.78 is 33.3. The molecule has 3 unspecified atom stereocenters. The number of hydrogen-bond donors (Lipinski definition) is 3. The van der Waals surface area contributed by atoms with Gasteiger partial charge in [-0.3, -0.25) is 4.57 Å². The van der Waals surface area contributed by atoms with Gasteiger partial charge in [0.15, 0.2) is 6.10 Å². The van der Waals surface area contributed by atoms with E-state index in [-0.39, 0.29) is 11.4 Å². The van der Waals surface area contributed by atoms with E-state index >= 15 is 0 Å². The highest BCUT2D eigenvalue weighted by Gasteiger charge is 2.59. The number of nitrogen functional groups attached to an aromatic ring is 1. The maximum absolute atomic E-state index is 14.0. The van der Waals surface area contributed by atoms with Crippen LogP contribution in [-0.2, 0) is 4.74 Å². The Hall–Kier alpha value is -1.55. The lowest BCUT2D eigenvalue weighted by Gasteiger charge is -2.21. The first-order chi connectivity index (χ1) is 9.82. The van der Waals surface area contributed by atoms with Gasteiger partial charge in [0.05, 0.1) is 6.61 Å². The second-order valence-corrected chi connectivity index (χ2v) is 4.64. The van der Waals surface area contributed by atoms with Crippen LogP contribution in [0, 0.1) is 0 Å². The Morgan fingerprint density at radius 2 is 2.29 bits per heavy atom. The van der Waals surface area contributed by atoms with Gasteiger partial charge in [0.1, 0.15) is 11.9 Å². The molecule has 2 heterocycles. The van der Waals surface area contributed by atoms with Gasteiger partial charge < -0.3 is 20.7 Å². The first-order valence-corrected chi connectivity index (χ1v) is 6.24. The highest BCUT2D eigenvalue weighted by atomic mass is 35.5. The Bertz CT molecular complexity index is 622. The van der Waals surface area contributed by atoms with Crippen LogP contribution in [0.25, 0.3) is 6.08 Å². The van der Waals surface area contributed by atoms with E-state index in [4.69, 9.17) is 27.2 Å². The highest BCUT2D eigenvalue weighted by molar-refractivity contribution is 6.27. The minimum Gasteiger partial charge on any atom is -0.394 e. The average molecular weight is 324 g/mol. The predicted octanol–water partition coefficient (Wildman–Crippen LogP) is -0.0791. The third kappa shape index (κ3) is 2.64. The lowest BCUT2D eigenvalue weighted by atomic mass is 10.1. The number of alkyl halides is 2. The van der Waals surface area contributed by atoms with Crippen molar-refractivity contribution >= 4 is 23.5 Å². The summed E-state index contributed by atoms with van der Waals surface area (Å²) in [5, 5.41) is 18.4. The minimum atomic E-state index is -3.78. The van der Waals surface area contributed by atoms with Gasteiger partial charge in [-0.2, -0.15) is 13.8 Å². The van der Waals surface area contributed by atoms with Crippen molar-refractivity contribution in [1.29, 1.82) is 0 Å². The number of rotatable bonds is 3. The van der Waals surface area contributed by atoms with E-state index in [1.165, 1.54) is 6.08 Å². The van der Waals surface area contributed by atoms with E-state index in [0.717, 1.165) is 11.7 Å². The van der Waals surface area contributed by atoms with Crippen molar-refractivity contribution in [2.24, 2.45) is 0 Å². The minimum absolute atomic E-state index is 0.130. The third-order valence-corrected chi connectivity index (χ3v) is 3.19. The molecule has 4 N–H and O–H groups in total. The van der Waals surface area contributed by atoms with Gasteiger partial charge in [-0.1, -0.05) is 11.6 Å². The normalized spacial score (nSPS) is 28.3. The standard InChI is InChI=1S/C11H12ClF2N3O4/c12-2-1-5-3-17(10(20)16-8(5)15)9-11(13,14)7(19)6(4-18)21-9/h1-3,6-7,9,18-19H,4H2,(H2,15,16,20)/b2-1+. The molecule has 7 nitrogen and oxygen atoms in total. The van der Waals surface area contributed by atoms with Gasteiger partial charge in [-0.05, 0) is 6.08 Å². The third-order valence-electron chi connectivity index (χ3n) is 3.07. The van der Waals surface area contributed by atoms with Gasteiger partial charge in [0.25, 0.3) is 0 Å². The van der Waals surface area contributed by atoms with Crippen LogP contribution in [0.3, 0.4) is 0 Å². The number of aliphatic hydroxyl groups excluding tert-OH is 2. The van der Waals surface area contributed by atoms with Crippen molar-refractivity contribution in [3.05, 3.63) is 27.8 Å². The van der Waals surface area contributed by atoms with E-state index in [0.29, 0.717) is 4.57 Å². The summed E-state index contributed by atoms with van der Waals surface area (Å²) in [6.07, 6.45) is -3.61. The molecule has 0 amide bonds. The van der Waals surface area contributed by atoms with Gasteiger partial charge in [-0.25, -0.2) is 4.79 Å². The van der Waals surface area contributed by atoms with Gasteiger partial charge in [-0.15, -0.1) is 0 Å². The maximum atomic E-state index is 14.0. The zero-order chi connectivity index (χ0) is 15.8. The average Bonchev–Trinajstić information content (AvgIpc) is 2.65. The van der Waals surface area contributed by atoms with E-state index < -0.39 is 36.7 Å². The largest absolute Gasteiger partial charge is 0.394 e. The van der Waals surface area contributed by atoms with Gasteiger partial charge >= 0.3 is 11.6 Å². The summed E-state index contributed by atoms with van der Waals surface area (Å²) >= 11 is 5.38. The number of ether oxygens (including phenoxy) is 1. The van der Waals surface area contributed by atoms with Crippen LogP contribution in [0.2, 0.25) is 0 Å². The SMILES string of the molecule is Nc1nc(=O)n(C2OC(CO)C(O)C2(F)F)cc1/C=C/Cl. The first-order valence-electron chi connectivity index (χ1n) is 5.80. The molecule has 1 saturated heterocycles. The molecule has 0 spiro atoms. The van der Waals surface area contributed by atoms with Crippen molar-refractivity contribution in [2.45, 2.75) is 24.4 Å². The Labute approximate surface area is 122 Å². The van der Waals surface area contributed by atoms with Crippen molar-refractivity contribution < 1.29 is 23.7 Å². The summed E-state index contributed by atoms with van der Waals surface area (Å²) in [6.45, 7) is -0.821. The lowest BCUT2D eigenvalue weighted by Crippen LogP contribution is -2.42. The topological polar surface area (TPSA) is 111 Å². The van der Waals surface area contributed by atoms with Gasteiger partial charge in [0.2, 0.25) is 6.23 Å². The van der Waals surface area contributed by atoms with Crippen molar-refractivity contribution in [3.8, 4) is 0 Å². The molecule has 0 bridgehead atoms.